The lowest BCUT2D eigenvalue weighted by atomic mass is 9.93. The summed E-state index contributed by atoms with van der Waals surface area (Å²) in [6.07, 6.45) is -3.31. The number of amides is 6. The standard InChI is InChI=1S/C37H51I3N6O16/c1-16-25(34(59)41-19(6-47)7-48)17(2)32(30(39)26(16)35(60)42-20(8-49)9-50)45(14-55)4-23(57)24(58)5-46(15-56)33-18(3)27(36(61)43-21(10-51)11-52)29(38)28(31(33)40)37(62)44-22(12-53)13-54/h14-15,19-24,47-54,57-58H,4-13H2,1-3H3,(H,41,59)(H,42,60)(H,43,61)(H,44,62). The monoisotopic (exact) mass is 1220 g/mol. The Balaban J connectivity index is 2.76. The average molecular weight is 1220 g/mol. The fourth-order valence-electron chi connectivity index (χ4n) is 6.17. The van der Waals surface area contributed by atoms with Gasteiger partial charge in [0.05, 0.1) is 138 Å². The van der Waals surface area contributed by atoms with Crippen LogP contribution in [-0.2, 0) is 9.59 Å². The number of hydrogen-bond acceptors (Lipinski definition) is 16. The number of hydrogen-bond donors (Lipinski definition) is 14. The summed E-state index contributed by atoms with van der Waals surface area (Å²) in [5.74, 6) is -3.51. The zero-order valence-corrected chi connectivity index (χ0v) is 40.1. The van der Waals surface area contributed by atoms with Crippen molar-refractivity contribution in [3.8, 4) is 0 Å². The Hall–Kier alpha value is -2.95. The second kappa shape index (κ2) is 26.1. The largest absolute Gasteiger partial charge is 0.394 e. The highest BCUT2D eigenvalue weighted by Gasteiger charge is 2.34. The molecule has 2 aromatic rings. The molecule has 22 nitrogen and oxygen atoms in total. The van der Waals surface area contributed by atoms with E-state index in [1.165, 1.54) is 20.8 Å². The van der Waals surface area contributed by atoms with Crippen molar-refractivity contribution in [3.05, 3.63) is 49.7 Å². The lowest BCUT2D eigenvalue weighted by Crippen LogP contribution is -2.46. The molecule has 0 spiro atoms. The van der Waals surface area contributed by atoms with Gasteiger partial charge in [-0.15, -0.1) is 0 Å². The lowest BCUT2D eigenvalue weighted by molar-refractivity contribution is -0.109. The van der Waals surface area contributed by atoms with E-state index in [1.54, 1.807) is 67.8 Å². The van der Waals surface area contributed by atoms with Gasteiger partial charge < -0.3 is 82.1 Å². The molecule has 0 heterocycles. The van der Waals surface area contributed by atoms with E-state index in [-0.39, 0.29) is 73.8 Å². The molecule has 2 rings (SSSR count). The SMILES string of the molecule is Cc1c(C(=O)NC(CO)CO)c(C)c(N(C=O)CC(O)C(O)CN(C=O)c2c(C)c(C(=O)NC(CO)CO)c(I)c(C(=O)NC(CO)CO)c2I)c(I)c1C(=O)NC(CO)CO. The van der Waals surface area contributed by atoms with Crippen LogP contribution in [0.4, 0.5) is 11.4 Å². The fourth-order valence-corrected chi connectivity index (χ4v) is 10.4. The average Bonchev–Trinajstić information content (AvgIpc) is 3.24. The van der Waals surface area contributed by atoms with Crippen molar-refractivity contribution in [2.75, 3.05) is 75.7 Å². The van der Waals surface area contributed by atoms with Gasteiger partial charge in [-0.25, -0.2) is 0 Å². The molecule has 14 N–H and O–H groups in total. The Bertz CT molecular complexity index is 1690. The molecule has 62 heavy (non-hydrogen) atoms. The Morgan fingerprint density at radius 1 is 0.468 bits per heavy atom. The predicted octanol–water partition coefficient (Wildman–Crippen LogP) is -3.89. The first kappa shape index (κ1) is 55.2. The van der Waals surface area contributed by atoms with Crippen LogP contribution in [0.25, 0.3) is 0 Å². The summed E-state index contributed by atoms with van der Waals surface area (Å²) in [7, 11) is 0. The number of carbonyl (C=O) groups excluding carboxylic acids is 6. The van der Waals surface area contributed by atoms with E-state index in [1.807, 2.05) is 0 Å². The highest BCUT2D eigenvalue weighted by Crippen LogP contribution is 2.38. The van der Waals surface area contributed by atoms with E-state index in [0.29, 0.717) is 0 Å². The molecule has 0 aliphatic carbocycles. The Kier molecular flexibility index (Phi) is 23.2. The minimum absolute atomic E-state index is 0.0382. The zero-order valence-electron chi connectivity index (χ0n) is 33.6. The first-order chi connectivity index (χ1) is 29.3. The highest BCUT2D eigenvalue weighted by atomic mass is 127. The topological polar surface area (TPSA) is 359 Å². The molecule has 0 saturated heterocycles. The molecule has 0 aliphatic heterocycles. The number of aliphatic hydroxyl groups is 10. The molecule has 0 bridgehead atoms. The summed E-state index contributed by atoms with van der Waals surface area (Å²) in [5, 5.41) is 109. The number of nitrogens with one attached hydrogen (secondary N) is 4. The van der Waals surface area contributed by atoms with Crippen molar-refractivity contribution in [2.45, 2.75) is 57.1 Å². The lowest BCUT2D eigenvalue weighted by Gasteiger charge is -2.32. The number of halogens is 3. The number of anilines is 2. The smallest absolute Gasteiger partial charge is 0.253 e. The summed E-state index contributed by atoms with van der Waals surface area (Å²) in [5.41, 5.74) is -0.722. The van der Waals surface area contributed by atoms with E-state index < -0.39 is 126 Å². The van der Waals surface area contributed by atoms with Gasteiger partial charge in [-0.1, -0.05) is 0 Å². The molecule has 2 unspecified atom stereocenters. The van der Waals surface area contributed by atoms with Crippen LogP contribution in [0.2, 0.25) is 0 Å². The number of nitrogens with zero attached hydrogens (tertiary/aromatic N) is 2. The molecular formula is C37H51I3N6O16. The van der Waals surface area contributed by atoms with Gasteiger partial charge in [0.15, 0.2) is 0 Å². The van der Waals surface area contributed by atoms with Crippen molar-refractivity contribution in [1.82, 2.24) is 21.3 Å². The Labute approximate surface area is 396 Å². The van der Waals surface area contributed by atoms with Crippen LogP contribution < -0.4 is 31.1 Å². The van der Waals surface area contributed by atoms with Crippen LogP contribution in [0.15, 0.2) is 0 Å². The number of rotatable bonds is 25. The zero-order chi connectivity index (χ0) is 47.2. The summed E-state index contributed by atoms with van der Waals surface area (Å²) < 4.78 is 0.143. The molecule has 25 heteroatoms. The molecule has 6 amide bonds. The molecule has 0 saturated carbocycles. The fraction of sp³-hybridized carbons (Fsp3) is 0.514. The maximum absolute atomic E-state index is 13.6. The summed E-state index contributed by atoms with van der Waals surface area (Å²) in [6, 6.07) is -4.50. The highest BCUT2D eigenvalue weighted by molar-refractivity contribution is 14.1. The number of benzene rings is 2. The van der Waals surface area contributed by atoms with E-state index in [9.17, 15) is 79.8 Å². The Morgan fingerprint density at radius 2 is 0.726 bits per heavy atom. The maximum Gasteiger partial charge on any atom is 0.253 e. The van der Waals surface area contributed by atoms with Gasteiger partial charge in [0.2, 0.25) is 12.8 Å². The van der Waals surface area contributed by atoms with E-state index in [4.69, 9.17) is 0 Å². The van der Waals surface area contributed by atoms with Gasteiger partial charge >= 0.3 is 0 Å². The van der Waals surface area contributed by atoms with Gasteiger partial charge in [-0.2, -0.15) is 0 Å². The van der Waals surface area contributed by atoms with Crippen LogP contribution in [-0.4, -0.2) is 190 Å². The van der Waals surface area contributed by atoms with Crippen molar-refractivity contribution in [3.63, 3.8) is 0 Å². The van der Waals surface area contributed by atoms with Crippen LogP contribution >= 0.6 is 67.8 Å². The molecule has 346 valence electrons. The van der Waals surface area contributed by atoms with Crippen molar-refractivity contribution >= 4 is 116 Å². The van der Waals surface area contributed by atoms with Gasteiger partial charge in [-0.05, 0) is 105 Å². The summed E-state index contributed by atoms with van der Waals surface area (Å²) in [6.45, 7) is -2.51. The third-order valence-electron chi connectivity index (χ3n) is 9.56. The van der Waals surface area contributed by atoms with Crippen LogP contribution in [0, 0.1) is 31.5 Å². The van der Waals surface area contributed by atoms with E-state index >= 15 is 0 Å². The molecule has 0 aromatic heterocycles. The summed E-state index contributed by atoms with van der Waals surface area (Å²) in [4.78, 5) is 81.8. The van der Waals surface area contributed by atoms with Gasteiger partial charge in [0.1, 0.15) is 0 Å². The summed E-state index contributed by atoms with van der Waals surface area (Å²) >= 11 is 5.15. The normalized spacial score (nSPS) is 12.4. The first-order valence-electron chi connectivity index (χ1n) is 18.6. The molecule has 2 atom stereocenters. The Morgan fingerprint density at radius 3 is 1.03 bits per heavy atom. The van der Waals surface area contributed by atoms with Crippen molar-refractivity contribution < 1.29 is 79.8 Å². The van der Waals surface area contributed by atoms with E-state index in [2.05, 4.69) is 21.3 Å². The third kappa shape index (κ3) is 13.1. The second-order valence-electron chi connectivity index (χ2n) is 13.8. The van der Waals surface area contributed by atoms with Crippen LogP contribution in [0.5, 0.6) is 0 Å². The molecule has 0 fully saturated rings. The third-order valence-corrected chi connectivity index (χ3v) is 12.7. The molecule has 0 aliphatic rings. The predicted molar refractivity (Wildman–Crippen MR) is 246 cm³/mol. The van der Waals surface area contributed by atoms with Gasteiger partial charge in [0.25, 0.3) is 23.6 Å². The minimum Gasteiger partial charge on any atom is -0.394 e. The van der Waals surface area contributed by atoms with Crippen molar-refractivity contribution in [2.24, 2.45) is 0 Å². The van der Waals surface area contributed by atoms with E-state index in [0.717, 1.165) is 9.80 Å². The molecule has 0 radical (unpaired) electrons. The van der Waals surface area contributed by atoms with Gasteiger partial charge in [-0.3, -0.25) is 28.8 Å². The second-order valence-corrected chi connectivity index (χ2v) is 17.0. The maximum atomic E-state index is 13.6. The van der Waals surface area contributed by atoms with Gasteiger partial charge in [0, 0.05) is 9.13 Å². The number of carbonyl (C=O) groups is 6. The quantitative estimate of drug-likeness (QED) is 0.0334. The first-order valence-corrected chi connectivity index (χ1v) is 21.8. The molecular weight excluding hydrogens is 1170 g/mol. The van der Waals surface area contributed by atoms with Crippen LogP contribution in [0.3, 0.4) is 0 Å². The van der Waals surface area contributed by atoms with Crippen LogP contribution in [0.1, 0.15) is 58.1 Å². The minimum atomic E-state index is -1.90. The van der Waals surface area contributed by atoms with Crippen molar-refractivity contribution in [1.29, 1.82) is 0 Å². The molecule has 2 aromatic carbocycles. The number of aliphatic hydroxyl groups excluding tert-OH is 10.